The van der Waals surface area contributed by atoms with Crippen LogP contribution in [0.2, 0.25) is 0 Å². The van der Waals surface area contributed by atoms with Crippen molar-refractivity contribution in [1.29, 1.82) is 0 Å². The molecule has 1 unspecified atom stereocenters. The summed E-state index contributed by atoms with van der Waals surface area (Å²) >= 11 is 3.56. The zero-order valence-electron chi connectivity index (χ0n) is 17.9. The first-order valence-electron chi connectivity index (χ1n) is 11.2. The third kappa shape index (κ3) is 3.63. The predicted molar refractivity (Wildman–Crippen MR) is 133 cm³/mol. The van der Waals surface area contributed by atoms with Crippen LogP contribution >= 0.6 is 15.9 Å². The summed E-state index contributed by atoms with van der Waals surface area (Å²) < 4.78 is 0.981. The monoisotopic (exact) mass is 502 g/mol. The molecule has 2 bridgehead atoms. The Morgan fingerprint density at radius 3 is 2.52 bits per heavy atom. The number of halogens is 1. The maximum atomic E-state index is 10.1. The average Bonchev–Trinajstić information content (AvgIpc) is 3.09. The van der Waals surface area contributed by atoms with Gasteiger partial charge in [0, 0.05) is 28.3 Å². The van der Waals surface area contributed by atoms with Crippen molar-refractivity contribution in [2.75, 3.05) is 10.6 Å². The first-order valence-corrected chi connectivity index (χ1v) is 12.0. The second-order valence-corrected chi connectivity index (χ2v) is 9.76. The molecule has 3 aromatic heterocycles. The van der Waals surface area contributed by atoms with Gasteiger partial charge >= 0.3 is 0 Å². The van der Waals surface area contributed by atoms with Crippen LogP contribution in [0.15, 0.2) is 59.5 Å². The van der Waals surface area contributed by atoms with Crippen LogP contribution in [0, 0.1) is 0 Å². The van der Waals surface area contributed by atoms with E-state index in [2.05, 4.69) is 42.9 Å². The largest absolute Gasteiger partial charge is 0.393 e. The van der Waals surface area contributed by atoms with E-state index in [4.69, 9.17) is 15.7 Å². The maximum Gasteiger partial charge on any atom is 0.165 e. The maximum absolute atomic E-state index is 10.1. The molecule has 4 aromatic rings. The number of anilines is 2. The number of aliphatic hydroxyl groups is 1. The highest BCUT2D eigenvalue weighted by atomic mass is 79.9. The number of nitrogens with two attached hydrogens (primary N) is 1. The number of benzene rings is 1. The predicted octanol–water partition coefficient (Wildman–Crippen LogP) is 4.59. The van der Waals surface area contributed by atoms with Gasteiger partial charge in [-0.15, -0.1) is 0 Å². The Morgan fingerprint density at radius 2 is 1.79 bits per heavy atom. The number of fused-ring (bicyclic) bond motifs is 3. The molecule has 8 heteroatoms. The van der Waals surface area contributed by atoms with E-state index in [1.807, 2.05) is 36.5 Å². The Morgan fingerprint density at radius 1 is 0.970 bits per heavy atom. The van der Waals surface area contributed by atoms with Crippen molar-refractivity contribution in [1.82, 2.24) is 19.9 Å². The van der Waals surface area contributed by atoms with Gasteiger partial charge in [-0.05, 0) is 67.1 Å². The highest BCUT2D eigenvalue weighted by molar-refractivity contribution is 9.10. The van der Waals surface area contributed by atoms with Gasteiger partial charge in [0.15, 0.2) is 5.65 Å². The minimum absolute atomic E-state index is 0.189. The molecule has 5 heterocycles. The number of aliphatic hydroxyl groups excluding tert-OH is 1. The van der Waals surface area contributed by atoms with Crippen molar-refractivity contribution in [2.24, 2.45) is 0 Å². The second-order valence-electron chi connectivity index (χ2n) is 8.85. The zero-order chi connectivity index (χ0) is 22.5. The first kappa shape index (κ1) is 20.5. The molecule has 2 saturated heterocycles. The van der Waals surface area contributed by atoms with E-state index in [1.165, 1.54) is 6.33 Å². The summed E-state index contributed by atoms with van der Waals surface area (Å²) in [6, 6.07) is 15.0. The molecule has 0 spiro atoms. The number of hydrogen-bond acceptors (Lipinski definition) is 7. The molecular formula is C25H23BrN6O. The third-order valence-electron chi connectivity index (χ3n) is 6.79. The Bertz CT molecular complexity index is 1330. The molecule has 166 valence electrons. The van der Waals surface area contributed by atoms with Crippen LogP contribution in [-0.4, -0.2) is 43.2 Å². The second kappa shape index (κ2) is 8.04. The molecular weight excluding hydrogens is 480 g/mol. The van der Waals surface area contributed by atoms with Crippen molar-refractivity contribution in [2.45, 2.75) is 43.9 Å². The fourth-order valence-electron chi connectivity index (χ4n) is 5.33. The van der Waals surface area contributed by atoms with E-state index in [0.29, 0.717) is 23.5 Å². The highest BCUT2D eigenvalue weighted by Crippen LogP contribution is 2.39. The van der Waals surface area contributed by atoms with Crippen molar-refractivity contribution in [3.8, 4) is 22.4 Å². The van der Waals surface area contributed by atoms with Gasteiger partial charge in [-0.25, -0.2) is 19.9 Å². The summed E-state index contributed by atoms with van der Waals surface area (Å²) in [5.41, 5.74) is 10.4. The lowest BCUT2D eigenvalue weighted by Gasteiger charge is -2.38. The summed E-state index contributed by atoms with van der Waals surface area (Å²) in [4.78, 5) is 20.6. The van der Waals surface area contributed by atoms with Gasteiger partial charge in [-0.1, -0.05) is 28.1 Å². The highest BCUT2D eigenvalue weighted by Gasteiger charge is 2.40. The average molecular weight is 503 g/mol. The number of aromatic nitrogens is 4. The minimum atomic E-state index is -0.189. The van der Waals surface area contributed by atoms with Crippen molar-refractivity contribution < 1.29 is 5.11 Å². The first-order chi connectivity index (χ1) is 16.1. The molecule has 1 aromatic carbocycles. The van der Waals surface area contributed by atoms with Crippen LogP contribution < -0.4 is 10.6 Å². The van der Waals surface area contributed by atoms with Crippen LogP contribution in [0.1, 0.15) is 25.7 Å². The zero-order valence-corrected chi connectivity index (χ0v) is 19.5. The Labute approximate surface area is 199 Å². The van der Waals surface area contributed by atoms with Gasteiger partial charge in [0.05, 0.1) is 17.2 Å². The van der Waals surface area contributed by atoms with Gasteiger partial charge < -0.3 is 15.7 Å². The molecule has 0 aliphatic carbocycles. The van der Waals surface area contributed by atoms with E-state index in [9.17, 15) is 5.11 Å². The Hall–Kier alpha value is -3.10. The smallest absolute Gasteiger partial charge is 0.165 e. The summed E-state index contributed by atoms with van der Waals surface area (Å²) in [5, 5.41) is 10.9. The molecule has 2 aliphatic rings. The fraction of sp³-hybridized carbons (Fsp3) is 0.280. The number of hydrogen-bond donors (Lipinski definition) is 2. The molecule has 3 atom stereocenters. The fourth-order valence-corrected chi connectivity index (χ4v) is 5.73. The van der Waals surface area contributed by atoms with E-state index < -0.39 is 0 Å². The van der Waals surface area contributed by atoms with Gasteiger partial charge in [0.25, 0.3) is 0 Å². The molecule has 0 radical (unpaired) electrons. The number of piperidine rings is 1. The lowest BCUT2D eigenvalue weighted by molar-refractivity contribution is 0.126. The lowest BCUT2D eigenvalue weighted by atomic mass is 9.99. The van der Waals surface area contributed by atoms with Crippen LogP contribution in [-0.2, 0) is 0 Å². The molecule has 3 N–H and O–H groups in total. The van der Waals surface area contributed by atoms with Crippen LogP contribution in [0.5, 0.6) is 0 Å². The Kier molecular flexibility index (Phi) is 4.99. The van der Waals surface area contributed by atoms with Crippen LogP contribution in [0.3, 0.4) is 0 Å². The van der Waals surface area contributed by atoms with E-state index >= 15 is 0 Å². The standard InChI is InChI=1S/C25H23BrN6O/c26-16-3-1-2-14(8-16)20-11-21(31-25-23(20)24(27)29-13-30-25)15-4-7-22(28-12-15)32-17-5-6-18(32)10-19(33)9-17/h1-4,7-8,11-13,17-19,33H,5-6,9-10H2,(H2,27,29,30,31)/t17-,18+,19?. The van der Waals surface area contributed by atoms with Crippen LogP contribution in [0.25, 0.3) is 33.4 Å². The van der Waals surface area contributed by atoms with Crippen molar-refractivity contribution in [3.05, 3.63) is 59.5 Å². The molecule has 33 heavy (non-hydrogen) atoms. The molecule has 6 rings (SSSR count). The summed E-state index contributed by atoms with van der Waals surface area (Å²) in [5.74, 6) is 1.38. The Balaban J connectivity index is 1.42. The molecule has 0 saturated carbocycles. The van der Waals surface area contributed by atoms with Gasteiger partial charge in [0.1, 0.15) is 18.0 Å². The van der Waals surface area contributed by atoms with Crippen LogP contribution in [0.4, 0.5) is 11.6 Å². The minimum Gasteiger partial charge on any atom is -0.393 e. The molecule has 0 amide bonds. The summed E-state index contributed by atoms with van der Waals surface area (Å²) in [6.45, 7) is 0. The topological polar surface area (TPSA) is 101 Å². The molecule has 2 aliphatic heterocycles. The van der Waals surface area contributed by atoms with Crippen molar-refractivity contribution >= 4 is 38.6 Å². The summed E-state index contributed by atoms with van der Waals surface area (Å²) in [6.07, 6.45) is 7.02. The van der Waals surface area contributed by atoms with E-state index in [1.54, 1.807) is 0 Å². The number of rotatable bonds is 3. The van der Waals surface area contributed by atoms with Gasteiger partial charge in [-0.3, -0.25) is 0 Å². The van der Waals surface area contributed by atoms with Gasteiger partial charge in [0.2, 0.25) is 0 Å². The van der Waals surface area contributed by atoms with Crippen molar-refractivity contribution in [3.63, 3.8) is 0 Å². The molecule has 2 fully saturated rings. The van der Waals surface area contributed by atoms with E-state index in [0.717, 1.165) is 63.7 Å². The van der Waals surface area contributed by atoms with Gasteiger partial charge in [-0.2, -0.15) is 0 Å². The number of nitrogen functional groups attached to an aromatic ring is 1. The number of pyridine rings is 2. The van der Waals surface area contributed by atoms with E-state index in [-0.39, 0.29) is 6.10 Å². The normalized spacial score (nSPS) is 22.1. The summed E-state index contributed by atoms with van der Waals surface area (Å²) in [7, 11) is 0. The SMILES string of the molecule is Nc1ncnc2nc(-c3ccc(N4[C@@H]5CC[C@H]4CC(O)C5)nc3)cc(-c3cccc(Br)c3)c12. The quantitative estimate of drug-likeness (QED) is 0.422. The third-order valence-corrected chi connectivity index (χ3v) is 7.28. The lowest BCUT2D eigenvalue weighted by Crippen LogP contribution is -2.45. The molecule has 7 nitrogen and oxygen atoms in total. The number of nitrogens with zero attached hydrogens (tertiary/aromatic N) is 5.